The van der Waals surface area contributed by atoms with Gasteiger partial charge in [-0.25, -0.2) is 0 Å². The van der Waals surface area contributed by atoms with E-state index < -0.39 is 0 Å². The molecule has 0 amide bonds. The fraction of sp³-hybridized carbons (Fsp3) is 0.250. The van der Waals surface area contributed by atoms with Crippen molar-refractivity contribution < 1.29 is 0 Å². The van der Waals surface area contributed by atoms with Gasteiger partial charge in [0, 0.05) is 0 Å². The summed E-state index contributed by atoms with van der Waals surface area (Å²) in [6.45, 7) is 12.4. The Morgan fingerprint density at radius 2 is 0.500 bits per heavy atom. The zero-order chi connectivity index (χ0) is 17.9. The minimum absolute atomic E-state index is 1.29. The van der Waals surface area contributed by atoms with E-state index in [0.717, 1.165) is 0 Å². The first kappa shape index (κ1) is 19.7. The lowest BCUT2D eigenvalue weighted by Crippen LogP contribution is -1.78. The van der Waals surface area contributed by atoms with Crippen LogP contribution in [0.25, 0.3) is 11.1 Å². The minimum atomic E-state index is 1.29. The summed E-state index contributed by atoms with van der Waals surface area (Å²) < 4.78 is 0. The van der Waals surface area contributed by atoms with Crippen molar-refractivity contribution in [1.29, 1.82) is 0 Å². The highest BCUT2D eigenvalue weighted by atomic mass is 14.0. The van der Waals surface area contributed by atoms with Crippen LogP contribution < -0.4 is 0 Å². The van der Waals surface area contributed by atoms with Crippen molar-refractivity contribution in [1.82, 2.24) is 0 Å². The Kier molecular flexibility index (Phi) is 8.57. The summed E-state index contributed by atoms with van der Waals surface area (Å²) >= 11 is 0. The molecule has 0 nitrogen and oxygen atoms in total. The molecule has 3 aromatic rings. The van der Waals surface area contributed by atoms with E-state index in [1.54, 1.807) is 0 Å². The lowest BCUT2D eigenvalue weighted by molar-refractivity contribution is 1.40. The smallest absolute Gasteiger partial charge is 0.0184 e. The largest absolute Gasteiger partial charge is 0.0683 e. The number of hydrogen-bond acceptors (Lipinski definition) is 0. The zero-order valence-corrected chi connectivity index (χ0v) is 15.9. The van der Waals surface area contributed by atoms with E-state index in [1.807, 2.05) is 13.8 Å². The predicted octanol–water partition coefficient (Wildman–Crippen LogP) is 7.30. The van der Waals surface area contributed by atoms with Gasteiger partial charge in [-0.1, -0.05) is 109 Å². The average molecular weight is 319 g/mol. The second-order valence-corrected chi connectivity index (χ2v) is 5.89. The Bertz CT molecular complexity index is 622. The second kappa shape index (κ2) is 10.4. The van der Waals surface area contributed by atoms with Gasteiger partial charge in [0.2, 0.25) is 0 Å². The van der Waals surface area contributed by atoms with E-state index >= 15 is 0 Å². The molecule has 0 aliphatic carbocycles. The van der Waals surface area contributed by atoms with Crippen LogP contribution in [-0.2, 0) is 0 Å². The molecule has 0 unspecified atom stereocenters. The van der Waals surface area contributed by atoms with E-state index in [1.165, 1.54) is 33.4 Å². The summed E-state index contributed by atoms with van der Waals surface area (Å²) in [7, 11) is 0. The molecule has 0 heteroatoms. The Morgan fingerprint density at radius 3 is 0.708 bits per heavy atom. The summed E-state index contributed by atoms with van der Waals surface area (Å²) in [5.74, 6) is 0. The summed E-state index contributed by atoms with van der Waals surface area (Å²) in [4.78, 5) is 0. The van der Waals surface area contributed by atoms with Crippen LogP contribution in [0.1, 0.15) is 36.1 Å². The summed E-state index contributed by atoms with van der Waals surface area (Å²) in [5.41, 5.74) is 7.85. The van der Waals surface area contributed by atoms with Crippen molar-refractivity contribution in [2.75, 3.05) is 0 Å². The molecule has 0 bridgehead atoms. The van der Waals surface area contributed by atoms with E-state index in [0.29, 0.717) is 0 Å². The van der Waals surface area contributed by atoms with Gasteiger partial charge < -0.3 is 0 Å². The molecule has 24 heavy (non-hydrogen) atoms. The van der Waals surface area contributed by atoms with E-state index in [-0.39, 0.29) is 0 Å². The molecule has 0 atom stereocenters. The highest BCUT2D eigenvalue weighted by Gasteiger charge is 1.95. The lowest BCUT2D eigenvalue weighted by Gasteiger charge is -2.02. The first-order valence-corrected chi connectivity index (χ1v) is 8.71. The van der Waals surface area contributed by atoms with Crippen molar-refractivity contribution >= 4 is 0 Å². The van der Waals surface area contributed by atoms with Gasteiger partial charge in [-0.05, 0) is 38.8 Å². The van der Waals surface area contributed by atoms with Crippen LogP contribution in [0.3, 0.4) is 0 Å². The highest BCUT2D eigenvalue weighted by Crippen LogP contribution is 2.19. The molecule has 0 fully saturated rings. The topological polar surface area (TPSA) is 0 Å². The molecular weight excluding hydrogens is 288 g/mol. The van der Waals surface area contributed by atoms with Crippen molar-refractivity contribution in [3.63, 3.8) is 0 Å². The van der Waals surface area contributed by atoms with Crippen LogP contribution in [0, 0.1) is 27.7 Å². The van der Waals surface area contributed by atoms with Crippen molar-refractivity contribution in [3.05, 3.63) is 95.1 Å². The molecule has 0 aliphatic rings. The molecular formula is C24H30. The monoisotopic (exact) mass is 318 g/mol. The summed E-state index contributed by atoms with van der Waals surface area (Å²) in [5, 5.41) is 0. The molecule has 0 saturated heterocycles. The van der Waals surface area contributed by atoms with E-state index in [2.05, 4.69) is 100 Å². The molecule has 0 saturated carbocycles. The molecule has 0 aromatic heterocycles. The summed E-state index contributed by atoms with van der Waals surface area (Å²) in [6, 6.07) is 25.7. The lowest BCUT2D eigenvalue weighted by atomic mass is 10.0. The van der Waals surface area contributed by atoms with Crippen molar-refractivity contribution in [2.24, 2.45) is 0 Å². The molecule has 3 aromatic carbocycles. The predicted molar refractivity (Wildman–Crippen MR) is 109 cm³/mol. The molecule has 0 heterocycles. The standard InChI is InChI=1S/C14H14.C8H10.C2H6/c1-11-3-7-13(8-4-11)14-9-5-12(2)6-10-14;1-7-3-5-8(2)6-4-7;1-2/h3-10H,1-2H3;3-6H,1-2H3;1-2H3. The maximum atomic E-state index is 2.17. The van der Waals surface area contributed by atoms with Crippen molar-refractivity contribution in [2.45, 2.75) is 41.5 Å². The Balaban J connectivity index is 0.000000245. The van der Waals surface area contributed by atoms with Crippen LogP contribution in [0.2, 0.25) is 0 Å². The maximum Gasteiger partial charge on any atom is -0.0184 e. The van der Waals surface area contributed by atoms with Crippen LogP contribution in [0.15, 0.2) is 72.8 Å². The van der Waals surface area contributed by atoms with Gasteiger partial charge >= 0.3 is 0 Å². The minimum Gasteiger partial charge on any atom is -0.0683 e. The normalized spacial score (nSPS) is 9.25. The molecule has 3 rings (SSSR count). The molecule has 0 spiro atoms. The van der Waals surface area contributed by atoms with Crippen LogP contribution in [-0.4, -0.2) is 0 Å². The number of rotatable bonds is 1. The van der Waals surface area contributed by atoms with Gasteiger partial charge in [-0.3, -0.25) is 0 Å². The SMILES string of the molecule is CC.Cc1ccc(-c2ccc(C)cc2)cc1.Cc1ccc(C)cc1. The quantitative estimate of drug-likeness (QED) is 0.441. The number of hydrogen-bond donors (Lipinski definition) is 0. The van der Waals surface area contributed by atoms with E-state index in [9.17, 15) is 0 Å². The van der Waals surface area contributed by atoms with Gasteiger partial charge in [0.15, 0.2) is 0 Å². The number of benzene rings is 3. The third-order valence-electron chi connectivity index (χ3n) is 3.65. The zero-order valence-electron chi connectivity index (χ0n) is 15.9. The summed E-state index contributed by atoms with van der Waals surface area (Å²) in [6.07, 6.45) is 0. The van der Waals surface area contributed by atoms with Crippen molar-refractivity contribution in [3.8, 4) is 11.1 Å². The first-order chi connectivity index (χ1) is 11.5. The Labute approximate surface area is 148 Å². The van der Waals surface area contributed by atoms with Crippen LogP contribution >= 0.6 is 0 Å². The molecule has 126 valence electrons. The molecule has 0 radical (unpaired) electrons. The highest BCUT2D eigenvalue weighted by molar-refractivity contribution is 5.63. The first-order valence-electron chi connectivity index (χ1n) is 8.71. The third-order valence-corrected chi connectivity index (χ3v) is 3.65. The average Bonchev–Trinajstić information content (AvgIpc) is 2.61. The van der Waals surface area contributed by atoms with Gasteiger partial charge in [-0.2, -0.15) is 0 Å². The Hall–Kier alpha value is -2.34. The Morgan fingerprint density at radius 1 is 0.333 bits per heavy atom. The molecule has 0 N–H and O–H groups in total. The van der Waals surface area contributed by atoms with Crippen LogP contribution in [0.4, 0.5) is 0 Å². The fourth-order valence-electron chi connectivity index (χ4n) is 2.13. The van der Waals surface area contributed by atoms with E-state index in [4.69, 9.17) is 0 Å². The van der Waals surface area contributed by atoms with Gasteiger partial charge in [0.05, 0.1) is 0 Å². The van der Waals surface area contributed by atoms with Crippen LogP contribution in [0.5, 0.6) is 0 Å². The number of aryl methyl sites for hydroxylation is 4. The van der Waals surface area contributed by atoms with Gasteiger partial charge in [0.1, 0.15) is 0 Å². The maximum absolute atomic E-state index is 2.17. The fourth-order valence-corrected chi connectivity index (χ4v) is 2.13. The van der Waals surface area contributed by atoms with Gasteiger partial charge in [0.25, 0.3) is 0 Å². The molecule has 0 aliphatic heterocycles. The second-order valence-electron chi connectivity index (χ2n) is 5.89. The third kappa shape index (κ3) is 6.83. The van der Waals surface area contributed by atoms with Gasteiger partial charge in [-0.15, -0.1) is 0 Å².